The molecule has 0 aliphatic carbocycles. The van der Waals surface area contributed by atoms with Crippen LogP contribution in [0.25, 0.3) is 0 Å². The molecule has 0 fully saturated rings. The van der Waals surface area contributed by atoms with Crippen molar-refractivity contribution in [2.24, 2.45) is 0 Å². The summed E-state index contributed by atoms with van der Waals surface area (Å²) in [6.07, 6.45) is 0. The van der Waals surface area contributed by atoms with Gasteiger partial charge in [0.2, 0.25) is 0 Å². The van der Waals surface area contributed by atoms with Crippen molar-refractivity contribution in [3.8, 4) is 0 Å². The van der Waals surface area contributed by atoms with Crippen molar-refractivity contribution in [1.82, 2.24) is 0 Å². The van der Waals surface area contributed by atoms with Gasteiger partial charge in [0, 0.05) is 25.6 Å². The molecule has 1 amide bonds. The number of rotatable bonds is 0. The Morgan fingerprint density at radius 2 is 2.06 bits per heavy atom. The van der Waals surface area contributed by atoms with Gasteiger partial charge in [-0.3, -0.25) is 4.79 Å². The second kappa shape index (κ2) is 3.80. The minimum atomic E-state index is -0.0650. The molecule has 0 atom stereocenters. The molecule has 0 saturated heterocycles. The van der Waals surface area contributed by atoms with Gasteiger partial charge in [0.05, 0.1) is 11.3 Å². The van der Waals surface area contributed by atoms with E-state index >= 15 is 0 Å². The summed E-state index contributed by atoms with van der Waals surface area (Å²) in [5.74, 6) is -0.0650. The number of fused-ring (bicyclic) bond motifs is 2. The third kappa shape index (κ3) is 1.63. The average molecular weight is 268 g/mol. The molecular weight excluding hydrogens is 262 g/mol. The number of halogens is 1. The van der Waals surface area contributed by atoms with Crippen molar-refractivity contribution in [2.75, 3.05) is 5.32 Å². The van der Waals surface area contributed by atoms with Crippen molar-refractivity contribution in [3.63, 3.8) is 0 Å². The van der Waals surface area contributed by atoms with E-state index in [0.717, 1.165) is 21.0 Å². The molecular formula is C11H6ClNOS2. The van der Waals surface area contributed by atoms with Gasteiger partial charge in [0.1, 0.15) is 0 Å². The Morgan fingerprint density at radius 3 is 2.94 bits per heavy atom. The molecule has 0 spiro atoms. The zero-order chi connectivity index (χ0) is 11.1. The molecule has 2 nitrogen and oxygen atoms in total. The Labute approximate surface area is 106 Å². The lowest BCUT2D eigenvalue weighted by Crippen LogP contribution is -2.10. The monoisotopic (exact) mass is 267 g/mol. The van der Waals surface area contributed by atoms with Gasteiger partial charge in [0.25, 0.3) is 5.91 Å². The Kier molecular flexibility index (Phi) is 2.42. The highest BCUT2D eigenvalue weighted by Gasteiger charge is 2.20. The third-order valence-electron chi connectivity index (χ3n) is 2.28. The molecule has 2 heterocycles. The fourth-order valence-electron chi connectivity index (χ4n) is 1.53. The number of nitrogens with one attached hydrogen (secondary N) is 1. The smallest absolute Gasteiger partial charge is 0.257 e. The largest absolute Gasteiger partial charge is 0.321 e. The Hall–Kier alpha value is -0.970. The van der Waals surface area contributed by atoms with Crippen LogP contribution in [0.2, 0.25) is 5.02 Å². The molecule has 16 heavy (non-hydrogen) atoms. The zero-order valence-corrected chi connectivity index (χ0v) is 10.4. The molecule has 80 valence electrons. The highest BCUT2D eigenvalue weighted by Crippen LogP contribution is 2.40. The number of anilines is 1. The number of amides is 1. The molecule has 0 unspecified atom stereocenters. The predicted molar refractivity (Wildman–Crippen MR) is 67.8 cm³/mol. The molecule has 0 radical (unpaired) electrons. The first-order chi connectivity index (χ1) is 7.74. The standard InChI is InChI=1S/C11H6ClNOS2/c12-6-1-2-9-8(3-6)13-11(14)7-4-15-5-10(7)16-9/h1-5H,(H,13,14). The van der Waals surface area contributed by atoms with Gasteiger partial charge in [-0.15, -0.1) is 0 Å². The lowest BCUT2D eigenvalue weighted by atomic mass is 10.3. The summed E-state index contributed by atoms with van der Waals surface area (Å²) in [5, 5.41) is 7.35. The number of thiophene rings is 1. The van der Waals surface area contributed by atoms with Crippen molar-refractivity contribution in [1.29, 1.82) is 0 Å². The van der Waals surface area contributed by atoms with E-state index in [2.05, 4.69) is 5.32 Å². The number of carbonyl (C=O) groups is 1. The van der Waals surface area contributed by atoms with Gasteiger partial charge in [0.15, 0.2) is 0 Å². The fraction of sp³-hybridized carbons (Fsp3) is 0. The van der Waals surface area contributed by atoms with Gasteiger partial charge in [-0.2, -0.15) is 11.3 Å². The maximum Gasteiger partial charge on any atom is 0.257 e. The van der Waals surface area contributed by atoms with E-state index < -0.39 is 0 Å². The summed E-state index contributed by atoms with van der Waals surface area (Å²) in [6, 6.07) is 5.53. The predicted octanol–water partition coefficient (Wildman–Crippen LogP) is 4.12. The second-order valence-electron chi connectivity index (χ2n) is 3.35. The molecule has 3 rings (SSSR count). The maximum atomic E-state index is 11.9. The van der Waals surface area contributed by atoms with E-state index in [9.17, 15) is 4.79 Å². The molecule has 2 aromatic rings. The van der Waals surface area contributed by atoms with Crippen molar-refractivity contribution in [3.05, 3.63) is 39.5 Å². The average Bonchev–Trinajstić information content (AvgIpc) is 2.65. The molecule has 1 aromatic heterocycles. The van der Waals surface area contributed by atoms with Crippen LogP contribution in [-0.2, 0) is 0 Å². The van der Waals surface area contributed by atoms with Crippen LogP contribution in [0.4, 0.5) is 5.69 Å². The molecule has 5 heteroatoms. The van der Waals surface area contributed by atoms with Crippen LogP contribution in [-0.4, -0.2) is 5.91 Å². The molecule has 1 aromatic carbocycles. The highest BCUT2D eigenvalue weighted by molar-refractivity contribution is 7.99. The fourth-order valence-corrected chi connectivity index (χ4v) is 3.68. The Bertz CT molecular complexity index is 579. The van der Waals surface area contributed by atoms with Crippen molar-refractivity contribution < 1.29 is 4.79 Å². The first-order valence-corrected chi connectivity index (χ1v) is 6.73. The van der Waals surface area contributed by atoms with Gasteiger partial charge in [-0.25, -0.2) is 0 Å². The van der Waals surface area contributed by atoms with Gasteiger partial charge in [-0.05, 0) is 18.2 Å². The van der Waals surface area contributed by atoms with Crippen LogP contribution >= 0.6 is 34.7 Å². The molecule has 1 aliphatic heterocycles. The first-order valence-electron chi connectivity index (χ1n) is 4.59. The zero-order valence-electron chi connectivity index (χ0n) is 7.99. The number of hydrogen-bond donors (Lipinski definition) is 1. The third-order valence-corrected chi connectivity index (χ3v) is 4.54. The topological polar surface area (TPSA) is 29.1 Å². The van der Waals surface area contributed by atoms with Crippen LogP contribution < -0.4 is 5.32 Å². The van der Waals surface area contributed by atoms with Crippen LogP contribution in [0.5, 0.6) is 0 Å². The van der Waals surface area contributed by atoms with E-state index in [4.69, 9.17) is 11.6 Å². The summed E-state index contributed by atoms with van der Waals surface area (Å²) in [4.78, 5) is 13.9. The van der Waals surface area contributed by atoms with Gasteiger partial charge >= 0.3 is 0 Å². The second-order valence-corrected chi connectivity index (χ2v) is 5.61. The molecule has 1 aliphatic rings. The number of carbonyl (C=O) groups excluding carboxylic acids is 1. The normalized spacial score (nSPS) is 13.7. The SMILES string of the molecule is O=C1Nc2cc(Cl)ccc2Sc2cscc21. The summed E-state index contributed by atoms with van der Waals surface area (Å²) >= 11 is 9.03. The highest BCUT2D eigenvalue weighted by atomic mass is 35.5. The van der Waals surface area contributed by atoms with E-state index in [1.165, 1.54) is 11.3 Å². The molecule has 0 saturated carbocycles. The first kappa shape index (κ1) is 10.2. The van der Waals surface area contributed by atoms with E-state index in [-0.39, 0.29) is 5.91 Å². The molecule has 0 bridgehead atoms. The van der Waals surface area contributed by atoms with Crippen LogP contribution in [0.1, 0.15) is 10.4 Å². The lowest BCUT2D eigenvalue weighted by Gasteiger charge is -2.05. The number of hydrogen-bond acceptors (Lipinski definition) is 3. The van der Waals surface area contributed by atoms with E-state index in [1.54, 1.807) is 17.8 Å². The van der Waals surface area contributed by atoms with Crippen LogP contribution in [0, 0.1) is 0 Å². The van der Waals surface area contributed by atoms with Crippen molar-refractivity contribution in [2.45, 2.75) is 9.79 Å². The number of benzene rings is 1. The van der Waals surface area contributed by atoms with Gasteiger partial charge in [-0.1, -0.05) is 23.4 Å². The molecule has 1 N–H and O–H groups in total. The quantitative estimate of drug-likeness (QED) is 0.778. The Balaban J connectivity index is 2.16. The van der Waals surface area contributed by atoms with Crippen LogP contribution in [0.3, 0.4) is 0 Å². The Morgan fingerprint density at radius 1 is 1.19 bits per heavy atom. The summed E-state index contributed by atoms with van der Waals surface area (Å²) < 4.78 is 0. The summed E-state index contributed by atoms with van der Waals surface area (Å²) in [6.45, 7) is 0. The lowest BCUT2D eigenvalue weighted by molar-refractivity contribution is 0.102. The van der Waals surface area contributed by atoms with Crippen LogP contribution in [0.15, 0.2) is 38.8 Å². The minimum absolute atomic E-state index is 0.0650. The maximum absolute atomic E-state index is 11.9. The minimum Gasteiger partial charge on any atom is -0.321 e. The van der Waals surface area contributed by atoms with E-state index in [1.807, 2.05) is 22.9 Å². The van der Waals surface area contributed by atoms with E-state index in [0.29, 0.717) is 5.02 Å². The van der Waals surface area contributed by atoms with Crippen molar-refractivity contribution >= 4 is 46.3 Å². The summed E-state index contributed by atoms with van der Waals surface area (Å²) in [7, 11) is 0. The summed E-state index contributed by atoms with van der Waals surface area (Å²) in [5.41, 5.74) is 1.52. The van der Waals surface area contributed by atoms with Gasteiger partial charge < -0.3 is 5.32 Å².